The van der Waals surface area contributed by atoms with E-state index in [4.69, 9.17) is 5.11 Å². The van der Waals surface area contributed by atoms with Gasteiger partial charge in [0, 0.05) is 14.5 Å². The molecule has 0 aliphatic heterocycles. The Morgan fingerprint density at radius 2 is 2.17 bits per heavy atom. The highest BCUT2D eigenvalue weighted by molar-refractivity contribution is 14.1. The van der Waals surface area contributed by atoms with Crippen LogP contribution in [0.5, 0.6) is 5.75 Å². The van der Waals surface area contributed by atoms with Crippen molar-refractivity contribution >= 4 is 44.5 Å². The number of alkyl halides is 4. The number of carboxylic acid groups (broad SMARTS) is 1. The number of nitrogens with zero attached hydrogens (tertiary/aromatic N) is 1. The molecule has 0 bridgehead atoms. The van der Waals surface area contributed by atoms with Gasteiger partial charge in [-0.15, -0.1) is 13.2 Å². The first-order valence-corrected chi connectivity index (χ1v) is 6.64. The Morgan fingerprint density at radius 3 is 2.61 bits per heavy atom. The number of aromatic nitrogens is 1. The second kappa shape index (κ2) is 6.04. The quantitative estimate of drug-likeness (QED) is 0.578. The highest BCUT2D eigenvalue weighted by atomic mass is 127. The van der Waals surface area contributed by atoms with E-state index in [-0.39, 0.29) is 5.56 Å². The first-order chi connectivity index (χ1) is 8.24. The van der Waals surface area contributed by atoms with Gasteiger partial charge in [-0.1, -0.05) is 15.9 Å². The molecule has 0 amide bonds. The number of pyridine rings is 1. The number of carboxylic acids is 1. The largest absolute Gasteiger partial charge is 0.573 e. The van der Waals surface area contributed by atoms with Crippen molar-refractivity contribution in [3.8, 4) is 5.75 Å². The highest BCUT2D eigenvalue weighted by Crippen LogP contribution is 2.31. The van der Waals surface area contributed by atoms with Gasteiger partial charge < -0.3 is 9.84 Å². The van der Waals surface area contributed by atoms with E-state index >= 15 is 0 Å². The summed E-state index contributed by atoms with van der Waals surface area (Å²) < 4.78 is 40.6. The summed E-state index contributed by atoms with van der Waals surface area (Å²) in [4.78, 5) is 14.4. The fourth-order valence-electron chi connectivity index (χ4n) is 1.18. The van der Waals surface area contributed by atoms with Crippen molar-refractivity contribution in [1.29, 1.82) is 0 Å². The molecule has 0 fully saturated rings. The summed E-state index contributed by atoms with van der Waals surface area (Å²) in [5.41, 5.74) is 0.422. The minimum absolute atomic E-state index is 0.0372. The van der Waals surface area contributed by atoms with Gasteiger partial charge in [0.05, 0.1) is 18.3 Å². The van der Waals surface area contributed by atoms with E-state index in [1.54, 1.807) is 22.6 Å². The SMILES string of the molecule is O=C(O)Cc1c(OC(F)(F)F)cnc(CBr)c1I. The van der Waals surface area contributed by atoms with E-state index in [2.05, 4.69) is 25.7 Å². The topological polar surface area (TPSA) is 59.4 Å². The zero-order valence-electron chi connectivity index (χ0n) is 8.59. The Kier molecular flexibility index (Phi) is 5.20. The maximum atomic E-state index is 12.2. The first kappa shape index (κ1) is 15.5. The maximum Gasteiger partial charge on any atom is 0.573 e. The molecule has 1 heterocycles. The number of hydrogen-bond donors (Lipinski definition) is 1. The summed E-state index contributed by atoms with van der Waals surface area (Å²) in [5.74, 6) is -1.83. The van der Waals surface area contributed by atoms with Gasteiger partial charge in [0.15, 0.2) is 5.75 Å². The van der Waals surface area contributed by atoms with Crippen LogP contribution in [0, 0.1) is 3.57 Å². The molecule has 1 rings (SSSR count). The molecular weight excluding hydrogens is 434 g/mol. The molecule has 0 radical (unpaired) electrons. The first-order valence-electron chi connectivity index (χ1n) is 4.44. The van der Waals surface area contributed by atoms with E-state index in [9.17, 15) is 18.0 Å². The Labute approximate surface area is 122 Å². The van der Waals surface area contributed by atoms with Gasteiger partial charge in [0.2, 0.25) is 0 Å². The molecule has 4 nitrogen and oxygen atoms in total. The fourth-order valence-corrected chi connectivity index (χ4v) is 2.91. The maximum absolute atomic E-state index is 12.2. The molecule has 9 heteroatoms. The molecule has 0 saturated heterocycles. The van der Waals surface area contributed by atoms with Crippen LogP contribution in [0.3, 0.4) is 0 Å². The third-order valence-corrected chi connectivity index (χ3v) is 3.64. The molecule has 100 valence electrons. The second-order valence-corrected chi connectivity index (χ2v) is 4.75. The average Bonchev–Trinajstić information content (AvgIpc) is 2.21. The van der Waals surface area contributed by atoms with Crippen molar-refractivity contribution in [3.05, 3.63) is 21.0 Å². The van der Waals surface area contributed by atoms with Crippen LogP contribution in [0.1, 0.15) is 11.3 Å². The number of rotatable bonds is 4. The van der Waals surface area contributed by atoms with Gasteiger partial charge >= 0.3 is 12.3 Å². The van der Waals surface area contributed by atoms with E-state index in [1.807, 2.05) is 0 Å². The average molecular weight is 440 g/mol. The Bertz CT molecular complexity index is 467. The molecule has 1 N–H and O–H groups in total. The summed E-state index contributed by atoms with van der Waals surface area (Å²) in [5, 5.41) is 9.02. The van der Waals surface area contributed by atoms with Crippen LogP contribution in [-0.4, -0.2) is 22.4 Å². The van der Waals surface area contributed by atoms with Crippen LogP contribution in [0.15, 0.2) is 6.20 Å². The third-order valence-electron chi connectivity index (χ3n) is 1.83. The van der Waals surface area contributed by atoms with Crippen molar-refractivity contribution in [2.24, 2.45) is 0 Å². The molecule has 0 aliphatic rings. The molecule has 0 aromatic carbocycles. The van der Waals surface area contributed by atoms with E-state index < -0.39 is 24.5 Å². The normalized spacial score (nSPS) is 11.4. The Morgan fingerprint density at radius 1 is 1.56 bits per heavy atom. The van der Waals surface area contributed by atoms with Crippen molar-refractivity contribution < 1.29 is 27.8 Å². The Hall–Kier alpha value is -0.580. The Balaban J connectivity index is 3.24. The number of ether oxygens (including phenoxy) is 1. The number of carbonyl (C=O) groups is 1. The summed E-state index contributed by atoms with van der Waals surface area (Å²) in [6.45, 7) is 0. The zero-order chi connectivity index (χ0) is 13.9. The molecule has 0 unspecified atom stereocenters. The lowest BCUT2D eigenvalue weighted by Gasteiger charge is -2.14. The molecule has 0 spiro atoms. The van der Waals surface area contributed by atoms with Crippen LogP contribution in [0.4, 0.5) is 13.2 Å². The van der Waals surface area contributed by atoms with Crippen molar-refractivity contribution in [2.45, 2.75) is 18.1 Å². The molecular formula is C9H6BrF3INO3. The van der Waals surface area contributed by atoms with Gasteiger partial charge in [-0.2, -0.15) is 0 Å². The van der Waals surface area contributed by atoms with Gasteiger partial charge in [0.25, 0.3) is 0 Å². The third kappa shape index (κ3) is 4.26. The van der Waals surface area contributed by atoms with Crippen LogP contribution in [0.25, 0.3) is 0 Å². The number of aliphatic carboxylic acids is 1. The number of hydrogen-bond acceptors (Lipinski definition) is 3. The van der Waals surface area contributed by atoms with Crippen LogP contribution < -0.4 is 4.74 Å². The summed E-state index contributed by atoms with van der Waals surface area (Å²) >= 11 is 4.87. The molecule has 0 atom stereocenters. The summed E-state index contributed by atoms with van der Waals surface area (Å²) in [7, 11) is 0. The number of halogens is 5. The minimum Gasteiger partial charge on any atom is -0.481 e. The van der Waals surface area contributed by atoms with E-state index in [0.29, 0.717) is 14.6 Å². The molecule has 0 saturated carbocycles. The smallest absolute Gasteiger partial charge is 0.481 e. The van der Waals surface area contributed by atoms with Gasteiger partial charge in [-0.3, -0.25) is 9.78 Å². The van der Waals surface area contributed by atoms with Crippen LogP contribution >= 0.6 is 38.5 Å². The van der Waals surface area contributed by atoms with E-state index in [0.717, 1.165) is 6.20 Å². The van der Waals surface area contributed by atoms with Crippen LogP contribution in [0.2, 0.25) is 0 Å². The van der Waals surface area contributed by atoms with Gasteiger partial charge in [0.1, 0.15) is 0 Å². The van der Waals surface area contributed by atoms with E-state index in [1.165, 1.54) is 0 Å². The standard InChI is InChI=1S/C9H6BrF3INO3/c10-2-5-8(14)4(1-7(16)17)6(3-15-5)18-9(11,12)13/h3H,1-2H2,(H,16,17). The van der Waals surface area contributed by atoms with Crippen molar-refractivity contribution in [1.82, 2.24) is 4.98 Å². The van der Waals surface area contributed by atoms with Gasteiger partial charge in [-0.25, -0.2) is 0 Å². The zero-order valence-corrected chi connectivity index (χ0v) is 12.3. The van der Waals surface area contributed by atoms with Crippen molar-refractivity contribution in [3.63, 3.8) is 0 Å². The molecule has 18 heavy (non-hydrogen) atoms. The molecule has 1 aromatic heterocycles. The minimum atomic E-state index is -4.88. The highest BCUT2D eigenvalue weighted by Gasteiger charge is 2.33. The lowest BCUT2D eigenvalue weighted by Crippen LogP contribution is -2.20. The monoisotopic (exact) mass is 439 g/mol. The molecule has 1 aromatic rings. The second-order valence-electron chi connectivity index (χ2n) is 3.11. The van der Waals surface area contributed by atoms with Crippen LogP contribution in [-0.2, 0) is 16.5 Å². The lowest BCUT2D eigenvalue weighted by molar-refractivity contribution is -0.275. The summed E-state index contributed by atoms with van der Waals surface area (Å²) in [6, 6.07) is 0. The predicted octanol–water partition coefficient (Wildman–Crippen LogP) is 3.11. The van der Waals surface area contributed by atoms with Crippen molar-refractivity contribution in [2.75, 3.05) is 0 Å². The summed E-state index contributed by atoms with van der Waals surface area (Å²) in [6.07, 6.45) is -4.56. The van der Waals surface area contributed by atoms with Gasteiger partial charge in [-0.05, 0) is 22.6 Å². The molecule has 0 aliphatic carbocycles. The fraction of sp³-hybridized carbons (Fsp3) is 0.333. The lowest BCUT2D eigenvalue weighted by atomic mass is 10.1. The predicted molar refractivity (Wildman–Crippen MR) is 67.6 cm³/mol.